The minimum Gasteiger partial charge on any atom is -0.396 e. The largest absolute Gasteiger partial charge is 0.396 e. The molecule has 1 aromatic carbocycles. The molecule has 0 bridgehead atoms. The maximum absolute atomic E-state index is 12.4. The third-order valence-electron chi connectivity index (χ3n) is 3.42. The highest BCUT2D eigenvalue weighted by Gasteiger charge is 2.27. The van der Waals surface area contributed by atoms with E-state index in [-0.39, 0.29) is 34.3 Å². The molecule has 19 heavy (non-hydrogen) atoms. The smallest absolute Gasteiger partial charge is 0.254 e. The number of carbonyl (C=O) groups is 1. The van der Waals surface area contributed by atoms with Crippen molar-refractivity contribution in [2.24, 2.45) is 0 Å². The van der Waals surface area contributed by atoms with Crippen molar-refractivity contribution in [1.29, 1.82) is 0 Å². The Kier molecular flexibility index (Phi) is 4.55. The minimum atomic E-state index is -0.164. The highest BCUT2D eigenvalue weighted by molar-refractivity contribution is 6.39. The first-order valence-corrected chi connectivity index (χ1v) is 6.96. The standard InChI is InChI=1S/C13H16Cl2N2O2/c14-10-5-8(6-11(15)12(10)16)13(19)17-4-2-1-3-9(17)7-18/h5-6,9,18H,1-4,7,16H2. The van der Waals surface area contributed by atoms with Crippen LogP contribution >= 0.6 is 23.2 Å². The van der Waals surface area contributed by atoms with Crippen molar-refractivity contribution in [3.63, 3.8) is 0 Å². The van der Waals surface area contributed by atoms with Crippen LogP contribution in [0.4, 0.5) is 5.69 Å². The Balaban J connectivity index is 2.28. The van der Waals surface area contributed by atoms with E-state index in [0.717, 1.165) is 19.3 Å². The van der Waals surface area contributed by atoms with Gasteiger partial charge in [-0.05, 0) is 31.4 Å². The molecule has 3 N–H and O–H groups in total. The predicted molar refractivity (Wildman–Crippen MR) is 76.6 cm³/mol. The van der Waals surface area contributed by atoms with Gasteiger partial charge in [-0.15, -0.1) is 0 Å². The van der Waals surface area contributed by atoms with Crippen LogP contribution < -0.4 is 5.73 Å². The van der Waals surface area contributed by atoms with Crippen molar-refractivity contribution >= 4 is 34.8 Å². The van der Waals surface area contributed by atoms with E-state index < -0.39 is 0 Å². The molecule has 0 aliphatic carbocycles. The van der Waals surface area contributed by atoms with E-state index in [0.29, 0.717) is 12.1 Å². The second-order valence-corrected chi connectivity index (χ2v) is 5.50. The van der Waals surface area contributed by atoms with Gasteiger partial charge in [-0.1, -0.05) is 23.2 Å². The number of nitrogens with zero attached hydrogens (tertiary/aromatic N) is 1. The predicted octanol–water partition coefficient (Wildman–Crippen LogP) is 2.56. The van der Waals surface area contributed by atoms with Crippen molar-refractivity contribution in [2.45, 2.75) is 25.3 Å². The van der Waals surface area contributed by atoms with Gasteiger partial charge in [0.1, 0.15) is 0 Å². The summed E-state index contributed by atoms with van der Waals surface area (Å²) in [5.41, 5.74) is 6.34. The summed E-state index contributed by atoms with van der Waals surface area (Å²) in [4.78, 5) is 14.1. The fourth-order valence-corrected chi connectivity index (χ4v) is 2.82. The van der Waals surface area contributed by atoms with Crippen LogP contribution in [0.2, 0.25) is 10.0 Å². The molecule has 104 valence electrons. The first kappa shape index (κ1) is 14.4. The van der Waals surface area contributed by atoms with Crippen LogP contribution in [0.25, 0.3) is 0 Å². The van der Waals surface area contributed by atoms with Gasteiger partial charge >= 0.3 is 0 Å². The molecule has 1 fully saturated rings. The first-order valence-electron chi connectivity index (χ1n) is 6.21. The van der Waals surface area contributed by atoms with Gasteiger partial charge in [-0.2, -0.15) is 0 Å². The molecular weight excluding hydrogens is 287 g/mol. The number of hydrogen-bond donors (Lipinski definition) is 2. The summed E-state index contributed by atoms with van der Waals surface area (Å²) in [5, 5.41) is 9.89. The minimum absolute atomic E-state index is 0.0256. The first-order chi connectivity index (χ1) is 9.04. The Bertz CT molecular complexity index is 471. The monoisotopic (exact) mass is 302 g/mol. The number of halogens is 2. The molecule has 4 nitrogen and oxygen atoms in total. The van der Waals surface area contributed by atoms with Gasteiger partial charge in [0, 0.05) is 12.1 Å². The number of aliphatic hydroxyl groups is 1. The molecule has 1 aromatic rings. The second kappa shape index (κ2) is 5.99. The summed E-state index contributed by atoms with van der Waals surface area (Å²) in [6, 6.07) is 2.92. The molecule has 1 saturated heterocycles. The lowest BCUT2D eigenvalue weighted by molar-refractivity contribution is 0.0503. The van der Waals surface area contributed by atoms with Crippen molar-refractivity contribution in [1.82, 2.24) is 4.90 Å². The molecule has 1 unspecified atom stereocenters. The number of rotatable bonds is 2. The van der Waals surface area contributed by atoms with Gasteiger partial charge < -0.3 is 15.7 Å². The summed E-state index contributed by atoms with van der Waals surface area (Å²) in [6.07, 6.45) is 2.79. The number of anilines is 1. The maximum atomic E-state index is 12.4. The van der Waals surface area contributed by atoms with Crippen LogP contribution in [0.15, 0.2) is 12.1 Å². The lowest BCUT2D eigenvalue weighted by atomic mass is 10.0. The van der Waals surface area contributed by atoms with Crippen molar-refractivity contribution in [3.8, 4) is 0 Å². The third kappa shape index (κ3) is 2.96. The molecular formula is C13H16Cl2N2O2. The topological polar surface area (TPSA) is 66.6 Å². The fourth-order valence-electron chi connectivity index (χ4n) is 2.33. The second-order valence-electron chi connectivity index (χ2n) is 4.68. The lowest BCUT2D eigenvalue weighted by Gasteiger charge is -2.34. The van der Waals surface area contributed by atoms with Crippen LogP contribution in [0.1, 0.15) is 29.6 Å². The molecule has 0 saturated carbocycles. The Hall–Kier alpha value is -0.970. The zero-order valence-electron chi connectivity index (χ0n) is 10.4. The highest BCUT2D eigenvalue weighted by atomic mass is 35.5. The van der Waals surface area contributed by atoms with E-state index >= 15 is 0 Å². The van der Waals surface area contributed by atoms with E-state index in [9.17, 15) is 9.90 Å². The molecule has 0 aromatic heterocycles. The van der Waals surface area contributed by atoms with Crippen molar-refractivity contribution in [3.05, 3.63) is 27.7 Å². The number of carbonyl (C=O) groups excluding carboxylic acids is 1. The van der Waals surface area contributed by atoms with Crippen LogP contribution in [0.3, 0.4) is 0 Å². The van der Waals surface area contributed by atoms with E-state index in [4.69, 9.17) is 28.9 Å². The average Bonchev–Trinajstić information content (AvgIpc) is 2.43. The van der Waals surface area contributed by atoms with E-state index in [1.54, 1.807) is 4.90 Å². The van der Waals surface area contributed by atoms with Crippen molar-refractivity contribution < 1.29 is 9.90 Å². The van der Waals surface area contributed by atoms with Gasteiger partial charge in [0.25, 0.3) is 5.91 Å². The quantitative estimate of drug-likeness (QED) is 0.825. The van der Waals surface area contributed by atoms with E-state index in [1.165, 1.54) is 12.1 Å². The van der Waals surface area contributed by atoms with Crippen LogP contribution in [-0.2, 0) is 0 Å². The van der Waals surface area contributed by atoms with E-state index in [1.807, 2.05) is 0 Å². The number of amides is 1. The Morgan fingerprint density at radius 2 is 2.00 bits per heavy atom. The normalized spacial score (nSPS) is 19.5. The molecule has 6 heteroatoms. The summed E-state index contributed by atoms with van der Waals surface area (Å²) >= 11 is 11.9. The Morgan fingerprint density at radius 3 is 2.58 bits per heavy atom. The maximum Gasteiger partial charge on any atom is 0.254 e. The van der Waals surface area contributed by atoms with Crippen LogP contribution in [0.5, 0.6) is 0 Å². The van der Waals surface area contributed by atoms with Gasteiger partial charge in [0.05, 0.1) is 28.4 Å². The number of nitrogens with two attached hydrogens (primary N) is 1. The van der Waals surface area contributed by atoms with E-state index in [2.05, 4.69) is 0 Å². The van der Waals surface area contributed by atoms with Gasteiger partial charge in [-0.25, -0.2) is 0 Å². The van der Waals surface area contributed by atoms with Gasteiger partial charge in [-0.3, -0.25) is 4.79 Å². The number of nitrogen functional groups attached to an aromatic ring is 1. The number of benzene rings is 1. The average molecular weight is 303 g/mol. The number of likely N-dealkylation sites (tertiary alicyclic amines) is 1. The fraction of sp³-hybridized carbons (Fsp3) is 0.462. The van der Waals surface area contributed by atoms with Crippen molar-refractivity contribution in [2.75, 3.05) is 18.9 Å². The number of piperidine rings is 1. The summed E-state index contributed by atoms with van der Waals surface area (Å²) in [7, 11) is 0. The summed E-state index contributed by atoms with van der Waals surface area (Å²) in [5.74, 6) is -0.164. The molecule has 2 rings (SSSR count). The number of aliphatic hydroxyl groups excluding tert-OH is 1. The Morgan fingerprint density at radius 1 is 1.37 bits per heavy atom. The van der Waals surface area contributed by atoms with Gasteiger partial charge in [0.15, 0.2) is 0 Å². The SMILES string of the molecule is Nc1c(Cl)cc(C(=O)N2CCCCC2CO)cc1Cl. The lowest BCUT2D eigenvalue weighted by Crippen LogP contribution is -2.45. The molecule has 1 aliphatic rings. The summed E-state index contributed by atoms with van der Waals surface area (Å²) in [6.45, 7) is 0.617. The van der Waals surface area contributed by atoms with Crippen LogP contribution in [0, 0.1) is 0 Å². The number of hydrogen-bond acceptors (Lipinski definition) is 3. The third-order valence-corrected chi connectivity index (χ3v) is 4.05. The zero-order chi connectivity index (χ0) is 14.0. The highest BCUT2D eigenvalue weighted by Crippen LogP contribution is 2.30. The molecule has 0 radical (unpaired) electrons. The molecule has 1 heterocycles. The Labute approximate surface area is 122 Å². The zero-order valence-corrected chi connectivity index (χ0v) is 11.9. The summed E-state index contributed by atoms with van der Waals surface area (Å²) < 4.78 is 0. The van der Waals surface area contributed by atoms with Crippen LogP contribution in [-0.4, -0.2) is 35.1 Å². The van der Waals surface area contributed by atoms with Gasteiger partial charge in [0.2, 0.25) is 0 Å². The molecule has 1 atom stereocenters. The molecule has 1 aliphatic heterocycles. The molecule has 1 amide bonds. The molecule has 0 spiro atoms.